The van der Waals surface area contributed by atoms with Crippen LogP contribution in [-0.2, 0) is 9.53 Å². The number of carbonyl (C=O) groups is 1. The van der Waals surface area contributed by atoms with Crippen LogP contribution in [0.2, 0.25) is 0 Å². The van der Waals surface area contributed by atoms with Gasteiger partial charge in [0.15, 0.2) is 0 Å². The highest BCUT2D eigenvalue weighted by Crippen LogP contribution is 2.44. The van der Waals surface area contributed by atoms with E-state index in [2.05, 4.69) is 19.2 Å². The molecule has 1 aliphatic carbocycles. The van der Waals surface area contributed by atoms with Gasteiger partial charge in [-0.25, -0.2) is 0 Å². The van der Waals surface area contributed by atoms with Crippen molar-refractivity contribution in [2.24, 2.45) is 5.41 Å². The van der Waals surface area contributed by atoms with Gasteiger partial charge in [0.2, 0.25) is 0 Å². The van der Waals surface area contributed by atoms with Gasteiger partial charge in [-0.3, -0.25) is 4.79 Å². The first-order valence-electron chi connectivity index (χ1n) is 6.42. The number of ether oxygens (including phenoxy) is 1. The van der Waals surface area contributed by atoms with Crippen molar-refractivity contribution >= 4 is 5.97 Å². The lowest BCUT2D eigenvalue weighted by atomic mass is 9.63. The van der Waals surface area contributed by atoms with Gasteiger partial charge in [0.05, 0.1) is 6.61 Å². The van der Waals surface area contributed by atoms with Crippen LogP contribution in [0.25, 0.3) is 0 Å². The molecule has 0 radical (unpaired) electrons. The maximum Gasteiger partial charge on any atom is 0.326 e. The smallest absolute Gasteiger partial charge is 0.326 e. The van der Waals surface area contributed by atoms with E-state index in [0.717, 1.165) is 25.8 Å². The third-order valence-electron chi connectivity index (χ3n) is 3.86. The summed E-state index contributed by atoms with van der Waals surface area (Å²) in [5.41, 5.74) is -0.497. The van der Waals surface area contributed by atoms with E-state index in [9.17, 15) is 4.79 Å². The van der Waals surface area contributed by atoms with Crippen molar-refractivity contribution in [1.82, 2.24) is 5.32 Å². The van der Waals surface area contributed by atoms with Crippen molar-refractivity contribution in [2.45, 2.75) is 58.9 Å². The Bertz CT molecular complexity index is 246. The molecule has 0 aliphatic heterocycles. The fourth-order valence-electron chi connectivity index (χ4n) is 2.84. The Kier molecular flexibility index (Phi) is 4.36. The minimum absolute atomic E-state index is 0.0203. The zero-order valence-electron chi connectivity index (χ0n) is 11.1. The Morgan fingerprint density at radius 3 is 2.38 bits per heavy atom. The van der Waals surface area contributed by atoms with Gasteiger partial charge in [-0.1, -0.05) is 33.6 Å². The van der Waals surface area contributed by atoms with E-state index in [-0.39, 0.29) is 11.4 Å². The Hall–Kier alpha value is -0.570. The minimum atomic E-state index is -0.476. The van der Waals surface area contributed by atoms with Gasteiger partial charge < -0.3 is 10.1 Å². The van der Waals surface area contributed by atoms with Crippen molar-refractivity contribution in [1.29, 1.82) is 0 Å². The summed E-state index contributed by atoms with van der Waals surface area (Å²) in [6, 6.07) is 0. The summed E-state index contributed by atoms with van der Waals surface area (Å²) >= 11 is 0. The third kappa shape index (κ3) is 2.24. The van der Waals surface area contributed by atoms with Crippen molar-refractivity contribution < 1.29 is 9.53 Å². The average molecular weight is 227 g/mol. The fraction of sp³-hybridized carbons (Fsp3) is 0.923. The normalized spacial score (nSPS) is 28.8. The summed E-state index contributed by atoms with van der Waals surface area (Å²) in [5, 5.41) is 3.40. The predicted octanol–water partition coefficient (Wildman–Crippen LogP) is 2.50. The van der Waals surface area contributed by atoms with Crippen LogP contribution in [0, 0.1) is 5.41 Å². The molecule has 1 fully saturated rings. The molecule has 0 aromatic carbocycles. The van der Waals surface area contributed by atoms with E-state index in [1.165, 1.54) is 6.42 Å². The summed E-state index contributed by atoms with van der Waals surface area (Å²) in [4.78, 5) is 12.2. The largest absolute Gasteiger partial charge is 0.465 e. The monoisotopic (exact) mass is 227 g/mol. The predicted molar refractivity (Wildman–Crippen MR) is 65.3 cm³/mol. The lowest BCUT2D eigenvalue weighted by molar-refractivity contribution is -0.159. The molecule has 0 spiro atoms. The van der Waals surface area contributed by atoms with Crippen LogP contribution in [0.1, 0.15) is 53.4 Å². The van der Waals surface area contributed by atoms with Crippen LogP contribution in [0.3, 0.4) is 0 Å². The molecule has 0 saturated heterocycles. The molecule has 1 N–H and O–H groups in total. The minimum Gasteiger partial charge on any atom is -0.465 e. The number of hydrogen-bond donors (Lipinski definition) is 1. The van der Waals surface area contributed by atoms with Gasteiger partial charge in [-0.15, -0.1) is 0 Å². The number of rotatable bonds is 4. The molecule has 1 unspecified atom stereocenters. The second-order valence-electron chi connectivity index (χ2n) is 5.25. The molecule has 3 heteroatoms. The first-order chi connectivity index (χ1) is 7.50. The molecule has 94 valence electrons. The lowest BCUT2D eigenvalue weighted by Gasteiger charge is -2.48. The van der Waals surface area contributed by atoms with Crippen molar-refractivity contribution in [3.63, 3.8) is 0 Å². The van der Waals surface area contributed by atoms with Gasteiger partial charge in [0.1, 0.15) is 5.54 Å². The lowest BCUT2D eigenvalue weighted by Crippen LogP contribution is -2.63. The summed E-state index contributed by atoms with van der Waals surface area (Å²) in [7, 11) is 0. The Labute approximate surface area is 98.9 Å². The molecule has 0 amide bonds. The van der Waals surface area contributed by atoms with Crippen molar-refractivity contribution in [3.05, 3.63) is 0 Å². The van der Waals surface area contributed by atoms with Crippen LogP contribution in [0.15, 0.2) is 0 Å². The molecule has 1 atom stereocenters. The average Bonchev–Trinajstić information content (AvgIpc) is 2.21. The third-order valence-corrected chi connectivity index (χ3v) is 3.86. The molecular weight excluding hydrogens is 202 g/mol. The molecule has 1 saturated carbocycles. The molecule has 0 aromatic rings. The van der Waals surface area contributed by atoms with Crippen LogP contribution >= 0.6 is 0 Å². The maximum absolute atomic E-state index is 12.2. The quantitative estimate of drug-likeness (QED) is 0.750. The standard InChI is InChI=1S/C13H25NO2/c1-5-14-13(11(15)16-6-2)10-8-7-9-12(13,3)4/h14H,5-10H2,1-4H3. The second-order valence-corrected chi connectivity index (χ2v) is 5.25. The van der Waals surface area contributed by atoms with Crippen LogP contribution < -0.4 is 5.32 Å². The van der Waals surface area contributed by atoms with Gasteiger partial charge in [0, 0.05) is 0 Å². The highest BCUT2D eigenvalue weighted by molar-refractivity contribution is 5.82. The summed E-state index contributed by atoms with van der Waals surface area (Å²) in [6.07, 6.45) is 4.29. The Morgan fingerprint density at radius 2 is 1.88 bits per heavy atom. The zero-order valence-corrected chi connectivity index (χ0v) is 11.1. The van der Waals surface area contributed by atoms with Crippen molar-refractivity contribution in [3.8, 4) is 0 Å². The Morgan fingerprint density at radius 1 is 1.25 bits per heavy atom. The molecule has 16 heavy (non-hydrogen) atoms. The van der Waals surface area contributed by atoms with E-state index < -0.39 is 5.54 Å². The first-order valence-corrected chi connectivity index (χ1v) is 6.42. The number of hydrogen-bond acceptors (Lipinski definition) is 3. The van der Waals surface area contributed by atoms with E-state index >= 15 is 0 Å². The molecule has 3 nitrogen and oxygen atoms in total. The van der Waals surface area contributed by atoms with Gasteiger partial charge in [-0.05, 0) is 31.7 Å². The molecule has 1 rings (SSSR count). The summed E-state index contributed by atoms with van der Waals surface area (Å²) in [6.45, 7) is 9.53. The highest BCUT2D eigenvalue weighted by Gasteiger charge is 2.52. The van der Waals surface area contributed by atoms with E-state index in [0.29, 0.717) is 6.61 Å². The van der Waals surface area contributed by atoms with E-state index in [4.69, 9.17) is 4.74 Å². The molecule has 1 aliphatic rings. The number of esters is 1. The van der Waals surface area contributed by atoms with E-state index in [1.54, 1.807) is 0 Å². The zero-order chi connectivity index (χ0) is 12.2. The second kappa shape index (κ2) is 5.17. The maximum atomic E-state index is 12.2. The topological polar surface area (TPSA) is 38.3 Å². The molecule has 0 bridgehead atoms. The van der Waals surface area contributed by atoms with Gasteiger partial charge in [-0.2, -0.15) is 0 Å². The van der Waals surface area contributed by atoms with Gasteiger partial charge >= 0.3 is 5.97 Å². The van der Waals surface area contributed by atoms with E-state index in [1.807, 2.05) is 13.8 Å². The van der Waals surface area contributed by atoms with Crippen LogP contribution in [0.4, 0.5) is 0 Å². The molecular formula is C13H25NO2. The molecule has 0 aromatic heterocycles. The number of nitrogens with one attached hydrogen (secondary N) is 1. The molecule has 0 heterocycles. The highest BCUT2D eigenvalue weighted by atomic mass is 16.5. The Balaban J connectivity index is 2.96. The number of carbonyl (C=O) groups excluding carboxylic acids is 1. The number of likely N-dealkylation sites (N-methyl/N-ethyl adjacent to an activating group) is 1. The van der Waals surface area contributed by atoms with Crippen LogP contribution in [0.5, 0.6) is 0 Å². The van der Waals surface area contributed by atoms with Gasteiger partial charge in [0.25, 0.3) is 0 Å². The van der Waals surface area contributed by atoms with Crippen molar-refractivity contribution in [2.75, 3.05) is 13.2 Å². The van der Waals surface area contributed by atoms with Crippen LogP contribution in [-0.4, -0.2) is 24.7 Å². The SMILES string of the molecule is CCNC1(C(=O)OCC)CCCCC1(C)C. The summed E-state index contributed by atoms with van der Waals surface area (Å²) in [5.74, 6) is -0.0680. The fourth-order valence-corrected chi connectivity index (χ4v) is 2.84. The first kappa shape index (κ1) is 13.5. The summed E-state index contributed by atoms with van der Waals surface area (Å²) < 4.78 is 5.27.